The third-order valence-corrected chi connectivity index (χ3v) is 23.3. The molecule has 4 unspecified atom stereocenters. The molecule has 11 rings (SSSR count). The molecule has 12 N–H and O–H groups in total. The lowest BCUT2D eigenvalue weighted by Gasteiger charge is -2.69. The van der Waals surface area contributed by atoms with E-state index in [2.05, 4.69) is 31.2 Å². The van der Waals surface area contributed by atoms with Crippen LogP contribution in [0.1, 0.15) is 92.0 Å². The Morgan fingerprint density at radius 2 is 1.20 bits per heavy atom. The summed E-state index contributed by atoms with van der Waals surface area (Å²) in [5.41, 5.74) is 10.5. The second kappa shape index (κ2) is 39.7. The van der Waals surface area contributed by atoms with Gasteiger partial charge in [-0.15, -0.1) is 35.0 Å². The van der Waals surface area contributed by atoms with Crippen molar-refractivity contribution in [2.45, 2.75) is 108 Å². The minimum absolute atomic E-state index is 0.0115. The lowest BCUT2D eigenvalue weighted by atomic mass is 9.34. The molecule has 7 amide bonds. The lowest BCUT2D eigenvalue weighted by Crippen LogP contribution is -2.73. The number of aromatic nitrogens is 3. The van der Waals surface area contributed by atoms with E-state index < -0.39 is 54.5 Å². The van der Waals surface area contributed by atoms with Crippen molar-refractivity contribution >= 4 is 152 Å². The quantitative estimate of drug-likeness (QED) is 0.00565. The van der Waals surface area contributed by atoms with Crippen LogP contribution in [0.25, 0.3) is 21.8 Å². The van der Waals surface area contributed by atoms with E-state index in [0.29, 0.717) is 149 Å². The van der Waals surface area contributed by atoms with Gasteiger partial charge in [0.05, 0.1) is 124 Å². The van der Waals surface area contributed by atoms with Gasteiger partial charge in [0.25, 0.3) is 10.3 Å². The van der Waals surface area contributed by atoms with Gasteiger partial charge in [0, 0.05) is 124 Å². The van der Waals surface area contributed by atoms with Crippen molar-refractivity contribution in [3.05, 3.63) is 82.7 Å². The zero-order chi connectivity index (χ0) is 81.5. The molecule has 0 saturated heterocycles. The van der Waals surface area contributed by atoms with Gasteiger partial charge in [-0.2, -0.15) is 0 Å². The SMILES string of the molecule is CSc1cc(O)n(CCOCCOCCOCCOCCOCCOCCC(=O)NC(C(=O)NC(CCCNC(N)=O)C(=O)Nc2ccc(COC(=S)N(C)CCN(C)C(=S)Oc3cc4c(c5c(C)c[nH]c35)C(CCl)CN4C(=O)C34CC(C(=O)N5CC(CCl)c6c5cc(OP(=O)(O)O)c5[nH]cc(C)c65)(C3)C4)cc2)C(C)C)c1O. The third kappa shape index (κ3) is 21.5. The number of thiocarbonyl (C=S) groups is 2. The molecular weight excluding hydrogens is 1590 g/mol. The standard InChI is InChI=1S/C75H101Cl2N12O20PS3/c1-44(2)63(84-57(90)14-19-101-21-23-103-25-27-105-29-30-106-28-26-104-24-22-102-20-18-87-58(91)33-56(113-7)68(87)94)67(93)83-51(9-8-15-79-71(78)97)66(92)82-50-12-10-47(11-13-50)40-107-72(111)85(5)16-17-86(6)73(112)108-54-31-52-61(59-45(3)36-80-64(54)59)48(34-76)38-88(52)69(95)74-41-75(42-74,43-74)70(96)89-39-49(35-77)62-53(89)32-55(109-110(98,99)100)65-60(62)46(4)37-81-65/h10-13,31-33,36-37,44,48-49,51,63,80-81,91,94H,8-9,14-30,34-35,38-43H2,1-7H3,(H,82,92)(H,83,93)(H,84,90)(H3,78,79,97)(H2,98,99,100). The molecule has 3 saturated carbocycles. The molecule has 3 aliphatic carbocycles. The van der Waals surface area contributed by atoms with E-state index in [1.807, 2.05) is 32.4 Å². The predicted molar refractivity (Wildman–Crippen MR) is 435 cm³/mol. The maximum Gasteiger partial charge on any atom is 0.524 e. The van der Waals surface area contributed by atoms with E-state index in [1.54, 1.807) is 78.0 Å². The van der Waals surface area contributed by atoms with Crippen LogP contribution in [0.15, 0.2) is 59.8 Å². The van der Waals surface area contributed by atoms with Crippen LogP contribution in [-0.2, 0) is 74.8 Å². The number of benzene rings is 3. The molecule has 0 spiro atoms. The number of H-pyrrole nitrogens is 2. The van der Waals surface area contributed by atoms with Crippen molar-refractivity contribution in [2.24, 2.45) is 22.5 Å². The van der Waals surface area contributed by atoms with E-state index in [0.717, 1.165) is 33.2 Å². The Hall–Kier alpha value is -7.74. The van der Waals surface area contributed by atoms with Gasteiger partial charge in [0.2, 0.25) is 35.4 Å². The molecule has 2 aliphatic heterocycles. The summed E-state index contributed by atoms with van der Waals surface area (Å²) in [6.45, 7) is 13.0. The van der Waals surface area contributed by atoms with Crippen LogP contribution in [0, 0.1) is 30.6 Å². The molecule has 0 radical (unpaired) electrons. The highest BCUT2D eigenvalue weighted by Crippen LogP contribution is 2.75. The highest BCUT2D eigenvalue weighted by molar-refractivity contribution is 7.98. The number of urea groups is 1. The second-order valence-corrected chi connectivity index (χ2v) is 32.3. The maximum absolute atomic E-state index is 15.0. The number of aromatic amines is 2. The summed E-state index contributed by atoms with van der Waals surface area (Å²) in [6, 6.07) is 8.89. The summed E-state index contributed by atoms with van der Waals surface area (Å²) in [6.07, 6.45) is 6.74. The fourth-order valence-corrected chi connectivity index (χ4v) is 16.6. The highest BCUT2D eigenvalue weighted by atomic mass is 35.5. The average molecular weight is 1690 g/mol. The number of rotatable bonds is 44. The van der Waals surface area contributed by atoms with Gasteiger partial charge in [-0.25, -0.2) is 9.36 Å². The molecule has 618 valence electrons. The van der Waals surface area contributed by atoms with Crippen LogP contribution in [0.5, 0.6) is 23.3 Å². The van der Waals surface area contributed by atoms with Gasteiger partial charge in [-0.3, -0.25) is 38.3 Å². The number of aryl methyl sites for hydroxylation is 2. The fraction of sp³-hybridized carbons (Fsp3) is 0.547. The summed E-state index contributed by atoms with van der Waals surface area (Å²) in [5, 5.41) is 32.9. The van der Waals surface area contributed by atoms with Crippen molar-refractivity contribution in [1.82, 2.24) is 40.3 Å². The van der Waals surface area contributed by atoms with Crippen LogP contribution in [0.2, 0.25) is 0 Å². The Morgan fingerprint density at radius 3 is 1.69 bits per heavy atom. The summed E-state index contributed by atoms with van der Waals surface area (Å²) in [7, 11) is -1.41. The second-order valence-electron chi connectivity index (χ2n) is 29.0. The number of phosphoric ester groups is 1. The molecule has 3 fully saturated rings. The number of carbonyl (C=O) groups excluding carboxylic acids is 6. The summed E-state index contributed by atoms with van der Waals surface area (Å²) < 4.78 is 64.5. The van der Waals surface area contributed by atoms with E-state index in [1.165, 1.54) is 28.5 Å². The van der Waals surface area contributed by atoms with Crippen molar-refractivity contribution in [3.63, 3.8) is 0 Å². The summed E-state index contributed by atoms with van der Waals surface area (Å²) in [4.78, 5) is 116. The van der Waals surface area contributed by atoms with Crippen LogP contribution >= 0.6 is 67.2 Å². The Labute approximate surface area is 679 Å². The molecule has 5 aliphatic rings. The topological polar surface area (TPSA) is 407 Å². The van der Waals surface area contributed by atoms with Gasteiger partial charge in [-0.1, -0.05) is 26.0 Å². The minimum atomic E-state index is -4.98. The monoisotopic (exact) mass is 1690 g/mol. The molecule has 2 bridgehead atoms. The summed E-state index contributed by atoms with van der Waals surface area (Å²) >= 11 is 26.2. The number of nitrogens with two attached hydrogens (primary N) is 1. The number of aromatic hydroxyl groups is 2. The lowest BCUT2D eigenvalue weighted by molar-refractivity contribution is -0.205. The number of primary amides is 1. The zero-order valence-corrected chi connectivity index (χ0v) is 69.1. The summed E-state index contributed by atoms with van der Waals surface area (Å²) in [5.74, 6) is -1.91. The number of ether oxygens (including phenoxy) is 8. The van der Waals surface area contributed by atoms with Crippen LogP contribution in [-0.4, -0.2) is 246 Å². The van der Waals surface area contributed by atoms with Crippen molar-refractivity contribution < 1.29 is 95.8 Å². The number of hydrogen-bond acceptors (Lipinski definition) is 21. The minimum Gasteiger partial charge on any atom is -0.494 e. The van der Waals surface area contributed by atoms with E-state index in [9.17, 15) is 48.5 Å². The van der Waals surface area contributed by atoms with E-state index in [-0.39, 0.29) is 128 Å². The number of alkyl halides is 2. The first-order valence-corrected chi connectivity index (χ1v) is 41.9. The van der Waals surface area contributed by atoms with E-state index in [4.69, 9.17) is 95.8 Å². The number of carbonyl (C=O) groups is 6. The number of amides is 7. The zero-order valence-electron chi connectivity index (χ0n) is 64.2. The Bertz CT molecular complexity index is 4430. The third-order valence-electron chi connectivity index (χ3n) is 20.6. The van der Waals surface area contributed by atoms with Gasteiger partial charge in [0.1, 0.15) is 18.7 Å². The van der Waals surface area contributed by atoms with Gasteiger partial charge >= 0.3 is 13.9 Å². The molecule has 38 heteroatoms. The Kier molecular flexibility index (Phi) is 30.8. The molecular formula is C75H101Cl2N12O20PS3. The van der Waals surface area contributed by atoms with Gasteiger partial charge in [0.15, 0.2) is 17.4 Å². The number of likely N-dealkylation sites (N-methyl/N-ethyl adjacent to an activating group) is 2. The first-order chi connectivity index (χ1) is 54.0. The normalized spacial score (nSPS) is 17.9. The Balaban J connectivity index is 0.625. The number of phosphoric acid groups is 1. The molecule has 4 atom stereocenters. The largest absolute Gasteiger partial charge is 0.524 e. The van der Waals surface area contributed by atoms with E-state index >= 15 is 4.79 Å². The number of thioether (sulfide) groups is 1. The first-order valence-electron chi connectivity index (χ1n) is 37.3. The number of halogens is 2. The van der Waals surface area contributed by atoms with Crippen molar-refractivity contribution in [3.8, 4) is 23.3 Å². The van der Waals surface area contributed by atoms with Gasteiger partial charge < -0.3 is 109 Å². The first kappa shape index (κ1) is 87.6. The van der Waals surface area contributed by atoms with Crippen LogP contribution in [0.3, 0.4) is 0 Å². The van der Waals surface area contributed by atoms with Crippen LogP contribution in [0.4, 0.5) is 21.9 Å². The van der Waals surface area contributed by atoms with Crippen LogP contribution < -0.4 is 46.1 Å². The number of nitrogens with one attached hydrogen (secondary N) is 6. The smallest absolute Gasteiger partial charge is 0.494 e. The Morgan fingerprint density at radius 1 is 0.708 bits per heavy atom. The molecule has 3 aromatic carbocycles. The predicted octanol–water partition coefficient (Wildman–Crippen LogP) is 8.11. The maximum atomic E-state index is 15.0. The average Bonchev–Trinajstić information content (AvgIpc) is 1.57. The number of hydrogen-bond donors (Lipinski definition) is 11. The molecule has 5 heterocycles. The number of anilines is 3. The number of fused-ring (bicyclic) bond motifs is 6. The molecule has 113 heavy (non-hydrogen) atoms. The van der Waals surface area contributed by atoms with Crippen molar-refractivity contribution in [2.75, 3.05) is 159 Å². The highest BCUT2D eigenvalue weighted by Gasteiger charge is 2.76. The fourth-order valence-electron chi connectivity index (χ4n) is 14.8. The molecule has 3 aromatic heterocycles. The van der Waals surface area contributed by atoms with Gasteiger partial charge in [-0.05, 0) is 123 Å². The number of nitrogens with zero attached hydrogens (tertiary/aromatic N) is 5. The molecule has 6 aromatic rings. The van der Waals surface area contributed by atoms with Crippen molar-refractivity contribution in [1.29, 1.82) is 0 Å². The molecule has 32 nitrogen and oxygen atoms in total.